The molecule has 0 radical (unpaired) electrons. The van der Waals surface area contributed by atoms with Gasteiger partial charge in [0.25, 0.3) is 0 Å². The maximum atomic E-state index is 12.5. The molecule has 0 unspecified atom stereocenters. The number of halogens is 2. The van der Waals surface area contributed by atoms with Gasteiger partial charge in [-0.3, -0.25) is 4.40 Å². The van der Waals surface area contributed by atoms with Crippen molar-refractivity contribution in [1.82, 2.24) is 14.6 Å². The first kappa shape index (κ1) is 18.5. The minimum absolute atomic E-state index is 0.0145. The van der Waals surface area contributed by atoms with Crippen molar-refractivity contribution >= 4 is 28.3 Å². The van der Waals surface area contributed by atoms with Crippen LogP contribution in [-0.4, -0.2) is 28.3 Å². The number of hydrogen-bond acceptors (Lipinski definition) is 5. The van der Waals surface area contributed by atoms with Crippen LogP contribution in [0, 0.1) is 6.92 Å². The van der Waals surface area contributed by atoms with Crippen molar-refractivity contribution in [2.75, 3.05) is 7.11 Å². The molecular weight excluding hydrogens is 384 g/mol. The fraction of sp³-hybridized carbons (Fsp3) is 0.200. The van der Waals surface area contributed by atoms with Crippen LogP contribution >= 0.6 is 11.8 Å². The summed E-state index contributed by atoms with van der Waals surface area (Å²) in [6.45, 7) is -0.840. The van der Waals surface area contributed by atoms with Crippen LogP contribution in [0.4, 0.5) is 8.78 Å². The van der Waals surface area contributed by atoms with E-state index in [0.29, 0.717) is 5.75 Å². The Morgan fingerprint density at radius 3 is 2.68 bits per heavy atom. The summed E-state index contributed by atoms with van der Waals surface area (Å²) in [6, 6.07) is 15.0. The van der Waals surface area contributed by atoms with Crippen LogP contribution in [0.2, 0.25) is 0 Å². The van der Waals surface area contributed by atoms with Gasteiger partial charge in [-0.15, -0.1) is 10.2 Å². The summed E-state index contributed by atoms with van der Waals surface area (Å²) in [4.78, 5) is 0. The average molecular weight is 401 g/mol. The van der Waals surface area contributed by atoms with E-state index in [1.165, 1.54) is 24.9 Å². The number of ether oxygens (including phenoxy) is 2. The van der Waals surface area contributed by atoms with Gasteiger partial charge < -0.3 is 9.47 Å². The predicted octanol–water partition coefficient (Wildman–Crippen LogP) is 5.09. The second-order valence-electron chi connectivity index (χ2n) is 6.17. The molecule has 0 saturated carbocycles. The van der Waals surface area contributed by atoms with E-state index >= 15 is 0 Å². The zero-order valence-corrected chi connectivity index (χ0v) is 16.0. The smallest absolute Gasteiger partial charge is 0.387 e. The van der Waals surface area contributed by atoms with Gasteiger partial charge in [-0.2, -0.15) is 8.78 Å². The summed E-state index contributed by atoms with van der Waals surface area (Å²) >= 11 is 1.51. The molecule has 0 aliphatic rings. The zero-order valence-electron chi connectivity index (χ0n) is 15.2. The first-order valence-electron chi connectivity index (χ1n) is 8.55. The topological polar surface area (TPSA) is 48.7 Å². The molecule has 4 aromatic rings. The Balaban J connectivity index is 1.64. The SMILES string of the molecule is COc1cc(CSc2nnc3cc(C)c4ccccc4n23)ccc1OC(F)F. The minimum Gasteiger partial charge on any atom is -0.493 e. The van der Waals surface area contributed by atoms with Crippen molar-refractivity contribution in [1.29, 1.82) is 0 Å². The lowest BCUT2D eigenvalue weighted by molar-refractivity contribution is -0.0512. The van der Waals surface area contributed by atoms with Gasteiger partial charge in [0.05, 0.1) is 12.6 Å². The molecule has 0 aliphatic carbocycles. The highest BCUT2D eigenvalue weighted by molar-refractivity contribution is 7.98. The van der Waals surface area contributed by atoms with Crippen LogP contribution < -0.4 is 9.47 Å². The minimum atomic E-state index is -2.90. The van der Waals surface area contributed by atoms with Gasteiger partial charge in [0.15, 0.2) is 22.3 Å². The Hall–Kier alpha value is -2.87. The number of fused-ring (bicyclic) bond motifs is 3. The van der Waals surface area contributed by atoms with Crippen LogP contribution in [-0.2, 0) is 5.75 Å². The van der Waals surface area contributed by atoms with Crippen molar-refractivity contribution < 1.29 is 18.3 Å². The van der Waals surface area contributed by atoms with Crippen molar-refractivity contribution in [2.24, 2.45) is 0 Å². The Labute approximate surface area is 164 Å². The quantitative estimate of drug-likeness (QED) is 0.421. The number of alkyl halides is 2. The van der Waals surface area contributed by atoms with E-state index in [1.54, 1.807) is 12.1 Å². The van der Waals surface area contributed by atoms with E-state index in [9.17, 15) is 8.78 Å². The Kier molecular flexibility index (Phi) is 5.04. The maximum Gasteiger partial charge on any atom is 0.387 e. The first-order chi connectivity index (χ1) is 13.6. The average Bonchev–Trinajstić information content (AvgIpc) is 3.10. The monoisotopic (exact) mass is 401 g/mol. The zero-order chi connectivity index (χ0) is 19.7. The molecule has 0 bridgehead atoms. The summed E-state index contributed by atoms with van der Waals surface area (Å²) < 4.78 is 36.6. The largest absolute Gasteiger partial charge is 0.493 e. The molecule has 2 heterocycles. The third-order valence-corrected chi connectivity index (χ3v) is 5.39. The number of methoxy groups -OCH3 is 1. The lowest BCUT2D eigenvalue weighted by atomic mass is 10.1. The predicted molar refractivity (Wildman–Crippen MR) is 104 cm³/mol. The Morgan fingerprint density at radius 1 is 1.07 bits per heavy atom. The van der Waals surface area contributed by atoms with E-state index in [4.69, 9.17) is 4.74 Å². The molecule has 0 fully saturated rings. The maximum absolute atomic E-state index is 12.5. The Morgan fingerprint density at radius 2 is 1.89 bits per heavy atom. The normalized spacial score (nSPS) is 11.5. The lowest BCUT2D eigenvalue weighted by Gasteiger charge is -2.11. The molecule has 2 aromatic carbocycles. The van der Waals surface area contributed by atoms with Crippen LogP contribution in [0.1, 0.15) is 11.1 Å². The highest BCUT2D eigenvalue weighted by Crippen LogP contribution is 2.32. The van der Waals surface area contributed by atoms with E-state index in [2.05, 4.69) is 27.9 Å². The van der Waals surface area contributed by atoms with E-state index in [-0.39, 0.29) is 11.5 Å². The summed E-state index contributed by atoms with van der Waals surface area (Å²) in [5, 5.41) is 10.5. The van der Waals surface area contributed by atoms with Crippen molar-refractivity contribution in [3.8, 4) is 11.5 Å². The molecule has 0 spiro atoms. The molecule has 0 atom stereocenters. The van der Waals surface area contributed by atoms with Gasteiger partial charge in [-0.25, -0.2) is 0 Å². The summed E-state index contributed by atoms with van der Waals surface area (Å²) in [7, 11) is 1.42. The number of nitrogens with zero attached hydrogens (tertiary/aromatic N) is 3. The van der Waals surface area contributed by atoms with Crippen LogP contribution in [0.3, 0.4) is 0 Å². The molecule has 0 N–H and O–H groups in total. The highest BCUT2D eigenvalue weighted by atomic mass is 32.2. The first-order valence-corrected chi connectivity index (χ1v) is 9.53. The third-order valence-electron chi connectivity index (χ3n) is 4.39. The van der Waals surface area contributed by atoms with Gasteiger partial charge in [-0.05, 0) is 42.3 Å². The number of aryl methyl sites for hydroxylation is 1. The molecule has 144 valence electrons. The van der Waals surface area contributed by atoms with Crippen LogP contribution in [0.25, 0.3) is 16.6 Å². The van der Waals surface area contributed by atoms with Crippen molar-refractivity contribution in [3.63, 3.8) is 0 Å². The van der Waals surface area contributed by atoms with E-state index in [1.807, 2.05) is 28.7 Å². The highest BCUT2D eigenvalue weighted by Gasteiger charge is 2.14. The second kappa shape index (κ2) is 7.63. The second-order valence-corrected chi connectivity index (χ2v) is 7.12. The molecule has 8 heteroatoms. The molecule has 2 aromatic heterocycles. The molecule has 5 nitrogen and oxygen atoms in total. The van der Waals surface area contributed by atoms with Gasteiger partial charge in [0, 0.05) is 11.1 Å². The Bertz CT molecular complexity index is 1150. The third kappa shape index (κ3) is 3.47. The van der Waals surface area contributed by atoms with Gasteiger partial charge in [-0.1, -0.05) is 36.0 Å². The number of para-hydroxylation sites is 1. The van der Waals surface area contributed by atoms with Gasteiger partial charge in [0.2, 0.25) is 0 Å². The summed E-state index contributed by atoms with van der Waals surface area (Å²) in [5.74, 6) is 0.861. The van der Waals surface area contributed by atoms with E-state index < -0.39 is 6.61 Å². The molecular formula is C20H17F2N3O2S. The molecule has 4 rings (SSSR count). The molecule has 28 heavy (non-hydrogen) atoms. The van der Waals surface area contributed by atoms with Crippen LogP contribution in [0.15, 0.2) is 53.7 Å². The van der Waals surface area contributed by atoms with Gasteiger partial charge >= 0.3 is 6.61 Å². The number of pyridine rings is 1. The number of hydrogen-bond donors (Lipinski definition) is 0. The number of aromatic nitrogens is 3. The molecule has 0 amide bonds. The standard InChI is InChI=1S/C20H17F2N3O2S/c1-12-9-18-23-24-20(25(18)15-6-4-3-5-14(12)15)28-11-13-7-8-16(27-19(21)22)17(10-13)26-2/h3-10,19H,11H2,1-2H3. The van der Waals surface area contributed by atoms with Crippen molar-refractivity contribution in [2.45, 2.75) is 24.4 Å². The van der Waals surface area contributed by atoms with Gasteiger partial charge in [0.1, 0.15) is 0 Å². The van der Waals surface area contributed by atoms with Crippen LogP contribution in [0.5, 0.6) is 11.5 Å². The number of thioether (sulfide) groups is 1. The molecule has 0 saturated heterocycles. The summed E-state index contributed by atoms with van der Waals surface area (Å²) in [5.41, 5.74) is 3.88. The molecule has 0 aliphatic heterocycles. The fourth-order valence-electron chi connectivity index (χ4n) is 3.11. The lowest BCUT2D eigenvalue weighted by Crippen LogP contribution is -2.03. The van der Waals surface area contributed by atoms with E-state index in [0.717, 1.165) is 32.8 Å². The fourth-order valence-corrected chi connectivity index (χ4v) is 4.01. The van der Waals surface area contributed by atoms with Crippen molar-refractivity contribution in [3.05, 3.63) is 59.7 Å². The number of rotatable bonds is 6. The summed E-state index contributed by atoms with van der Waals surface area (Å²) in [6.07, 6.45) is 0. The number of benzene rings is 2.